The maximum absolute atomic E-state index is 3.95. The summed E-state index contributed by atoms with van der Waals surface area (Å²) in [6, 6.07) is 0. The number of nitrogens with zero attached hydrogens (tertiary/aromatic N) is 1. The molecule has 76 valence electrons. The second-order valence-electron chi connectivity index (χ2n) is 3.27. The zero-order chi connectivity index (χ0) is 10.3. The van der Waals surface area contributed by atoms with Gasteiger partial charge in [-0.1, -0.05) is 19.6 Å². The van der Waals surface area contributed by atoms with Crippen molar-refractivity contribution in [2.24, 2.45) is 0 Å². The molecular weight excluding hydrogens is 160 g/mol. The first-order chi connectivity index (χ1) is 6.11. The third-order valence-electron chi connectivity index (χ3n) is 2.28. The maximum atomic E-state index is 3.95. The molecule has 0 aliphatic carbocycles. The fourth-order valence-electron chi connectivity index (χ4n) is 0.869. The van der Waals surface area contributed by atoms with E-state index in [2.05, 4.69) is 43.8 Å². The Morgan fingerprint density at radius 3 is 2.62 bits per heavy atom. The summed E-state index contributed by atoms with van der Waals surface area (Å²) in [7, 11) is 2.12. The maximum Gasteiger partial charge on any atom is 0.0293 e. The van der Waals surface area contributed by atoms with E-state index in [0.717, 1.165) is 25.3 Å². The Labute approximate surface area is 82.3 Å². The van der Waals surface area contributed by atoms with Crippen molar-refractivity contribution < 1.29 is 0 Å². The first-order valence-corrected chi connectivity index (χ1v) is 4.86. The van der Waals surface area contributed by atoms with Crippen LogP contribution in [0.3, 0.4) is 0 Å². The Morgan fingerprint density at radius 1 is 1.54 bits per heavy atom. The predicted octanol–water partition coefficient (Wildman–Crippen LogP) is 2.01. The van der Waals surface area contributed by atoms with Crippen LogP contribution in [0.1, 0.15) is 20.8 Å². The molecule has 0 aromatic heterocycles. The molecule has 0 saturated heterocycles. The van der Waals surface area contributed by atoms with Crippen molar-refractivity contribution in [2.75, 3.05) is 26.7 Å². The summed E-state index contributed by atoms with van der Waals surface area (Å²) in [5.41, 5.74) is 2.26. The standard InChI is InChI=1S/C11H22N2/c1-6-10(3)11(4)12-8-9-13(5)7-2/h6,12H,4,7-9H2,1-3,5H3/b10-6-. The van der Waals surface area contributed by atoms with Gasteiger partial charge in [0.2, 0.25) is 0 Å². The third-order valence-corrected chi connectivity index (χ3v) is 2.28. The normalized spacial score (nSPS) is 11.9. The van der Waals surface area contributed by atoms with Gasteiger partial charge < -0.3 is 10.2 Å². The summed E-state index contributed by atoms with van der Waals surface area (Å²) in [4.78, 5) is 2.27. The molecule has 0 rings (SSSR count). The van der Waals surface area contributed by atoms with Crippen LogP contribution in [0.2, 0.25) is 0 Å². The monoisotopic (exact) mass is 182 g/mol. The van der Waals surface area contributed by atoms with Crippen molar-refractivity contribution in [3.63, 3.8) is 0 Å². The Bertz CT molecular complexity index is 183. The first-order valence-electron chi connectivity index (χ1n) is 4.86. The topological polar surface area (TPSA) is 15.3 Å². The highest BCUT2D eigenvalue weighted by Crippen LogP contribution is 2.01. The van der Waals surface area contributed by atoms with Gasteiger partial charge in [0.15, 0.2) is 0 Å². The first kappa shape index (κ1) is 12.2. The van der Waals surface area contributed by atoms with Crippen LogP contribution in [0.5, 0.6) is 0 Å². The van der Waals surface area contributed by atoms with E-state index >= 15 is 0 Å². The van der Waals surface area contributed by atoms with Gasteiger partial charge >= 0.3 is 0 Å². The van der Waals surface area contributed by atoms with Crippen LogP contribution in [0, 0.1) is 0 Å². The molecule has 0 aliphatic heterocycles. The number of hydrogen-bond acceptors (Lipinski definition) is 2. The summed E-state index contributed by atoms with van der Waals surface area (Å²) in [5.74, 6) is 0. The van der Waals surface area contributed by atoms with Crippen LogP contribution in [0.4, 0.5) is 0 Å². The van der Waals surface area contributed by atoms with E-state index in [1.807, 2.05) is 6.92 Å². The molecule has 0 bridgehead atoms. The summed E-state index contributed by atoms with van der Waals surface area (Å²) in [6.07, 6.45) is 2.07. The van der Waals surface area contributed by atoms with Gasteiger partial charge in [-0.3, -0.25) is 0 Å². The molecule has 0 unspecified atom stereocenters. The SMILES string of the molecule is C=C(NCCN(C)CC)/C(C)=C\C. The molecule has 13 heavy (non-hydrogen) atoms. The zero-order valence-electron chi connectivity index (χ0n) is 9.35. The van der Waals surface area contributed by atoms with E-state index in [9.17, 15) is 0 Å². The molecule has 0 saturated carbocycles. The molecule has 0 aromatic rings. The van der Waals surface area contributed by atoms with Gasteiger partial charge in [-0.25, -0.2) is 0 Å². The van der Waals surface area contributed by atoms with Crippen molar-refractivity contribution in [1.82, 2.24) is 10.2 Å². The molecule has 1 N–H and O–H groups in total. The molecular formula is C11H22N2. The third kappa shape index (κ3) is 5.47. The van der Waals surface area contributed by atoms with Crippen LogP contribution in [-0.2, 0) is 0 Å². The number of nitrogens with one attached hydrogen (secondary N) is 1. The number of likely N-dealkylation sites (N-methyl/N-ethyl adjacent to an activating group) is 1. The Balaban J connectivity index is 3.60. The van der Waals surface area contributed by atoms with Gasteiger partial charge in [0.05, 0.1) is 0 Å². The van der Waals surface area contributed by atoms with Crippen LogP contribution in [0.15, 0.2) is 23.9 Å². The molecule has 0 heterocycles. The minimum absolute atomic E-state index is 0.967. The van der Waals surface area contributed by atoms with Gasteiger partial charge in [-0.15, -0.1) is 0 Å². The number of allylic oxidation sites excluding steroid dienone is 2. The van der Waals surface area contributed by atoms with Gasteiger partial charge in [-0.05, 0) is 33.0 Å². The smallest absolute Gasteiger partial charge is 0.0293 e. The lowest BCUT2D eigenvalue weighted by Gasteiger charge is -2.15. The summed E-state index contributed by atoms with van der Waals surface area (Å²) in [6.45, 7) is 13.3. The molecule has 0 atom stereocenters. The highest BCUT2D eigenvalue weighted by molar-refractivity contribution is 5.23. The van der Waals surface area contributed by atoms with Crippen LogP contribution in [0.25, 0.3) is 0 Å². The summed E-state index contributed by atoms with van der Waals surface area (Å²) in [5, 5.41) is 3.29. The largest absolute Gasteiger partial charge is 0.384 e. The Morgan fingerprint density at radius 2 is 2.15 bits per heavy atom. The molecule has 2 heteroatoms. The summed E-state index contributed by atoms with van der Waals surface area (Å²) < 4.78 is 0. The van der Waals surface area contributed by atoms with E-state index in [0.29, 0.717) is 0 Å². The van der Waals surface area contributed by atoms with E-state index < -0.39 is 0 Å². The number of hydrogen-bond donors (Lipinski definition) is 1. The average Bonchev–Trinajstić information content (AvgIpc) is 2.15. The Kier molecular flexibility index (Phi) is 6.33. The molecule has 2 nitrogen and oxygen atoms in total. The molecule has 0 amide bonds. The van der Waals surface area contributed by atoms with Crippen molar-refractivity contribution in [1.29, 1.82) is 0 Å². The lowest BCUT2D eigenvalue weighted by molar-refractivity contribution is 0.354. The van der Waals surface area contributed by atoms with Crippen molar-refractivity contribution in [3.05, 3.63) is 23.9 Å². The number of rotatable bonds is 6. The molecule has 0 fully saturated rings. The predicted molar refractivity (Wildman–Crippen MR) is 59.7 cm³/mol. The quantitative estimate of drug-likeness (QED) is 0.632. The van der Waals surface area contributed by atoms with Crippen molar-refractivity contribution in [2.45, 2.75) is 20.8 Å². The zero-order valence-corrected chi connectivity index (χ0v) is 9.35. The van der Waals surface area contributed by atoms with Gasteiger partial charge in [-0.2, -0.15) is 0 Å². The van der Waals surface area contributed by atoms with E-state index in [1.165, 1.54) is 5.57 Å². The molecule has 0 spiro atoms. The van der Waals surface area contributed by atoms with Gasteiger partial charge in [0, 0.05) is 18.8 Å². The van der Waals surface area contributed by atoms with Crippen molar-refractivity contribution >= 4 is 0 Å². The second-order valence-corrected chi connectivity index (χ2v) is 3.27. The van der Waals surface area contributed by atoms with Crippen LogP contribution < -0.4 is 5.32 Å². The van der Waals surface area contributed by atoms with Gasteiger partial charge in [0.1, 0.15) is 0 Å². The highest BCUT2D eigenvalue weighted by Gasteiger charge is 1.96. The lowest BCUT2D eigenvalue weighted by atomic mass is 10.2. The molecule has 0 aromatic carbocycles. The summed E-state index contributed by atoms with van der Waals surface area (Å²) >= 11 is 0. The van der Waals surface area contributed by atoms with Crippen molar-refractivity contribution in [3.8, 4) is 0 Å². The lowest BCUT2D eigenvalue weighted by Crippen LogP contribution is -2.28. The minimum Gasteiger partial charge on any atom is -0.384 e. The van der Waals surface area contributed by atoms with E-state index in [4.69, 9.17) is 0 Å². The molecule has 0 aliphatic rings. The van der Waals surface area contributed by atoms with E-state index in [1.54, 1.807) is 0 Å². The van der Waals surface area contributed by atoms with Gasteiger partial charge in [0.25, 0.3) is 0 Å². The highest BCUT2D eigenvalue weighted by atomic mass is 15.1. The minimum atomic E-state index is 0.967. The molecule has 0 radical (unpaired) electrons. The average molecular weight is 182 g/mol. The van der Waals surface area contributed by atoms with Crippen LogP contribution >= 0.6 is 0 Å². The fraction of sp³-hybridized carbons (Fsp3) is 0.636. The second kappa shape index (κ2) is 6.72. The van der Waals surface area contributed by atoms with Crippen LogP contribution in [-0.4, -0.2) is 31.6 Å². The Hall–Kier alpha value is -0.760. The fourth-order valence-corrected chi connectivity index (χ4v) is 0.869. The van der Waals surface area contributed by atoms with E-state index in [-0.39, 0.29) is 0 Å².